The van der Waals surface area contributed by atoms with Crippen molar-refractivity contribution in [1.82, 2.24) is 51.0 Å². The Labute approximate surface area is 408 Å². The topological polar surface area (TPSA) is 279 Å². The summed E-state index contributed by atoms with van der Waals surface area (Å²) in [5.74, 6) is 2.55. The molecule has 23 nitrogen and oxygen atoms in total. The number of rotatable bonds is 26. The third-order valence-electron chi connectivity index (χ3n) is 14.3. The molecule has 4 bridgehead atoms. The van der Waals surface area contributed by atoms with Crippen molar-refractivity contribution in [3.63, 3.8) is 0 Å². The van der Waals surface area contributed by atoms with Gasteiger partial charge in [-0.1, -0.05) is 72.6 Å². The Hall–Kier alpha value is -3.56. The van der Waals surface area contributed by atoms with Crippen molar-refractivity contribution in [3.8, 4) is 0 Å². The largest absolute Gasteiger partial charge is 0.724 e. The Kier molecular flexibility index (Phi) is 20.4. The number of aryl methyl sites for hydroxylation is 1. The molecule has 392 valence electrons. The molecule has 5 aliphatic heterocycles. The SMILES string of the molecule is CCCC[N+](CCCC)(CCCC)CCCC.O=C1N2C[C@@H](CC[C@H]2c2nnc(CCCC3CCC3)o2)N1OS(=O)(=O)[O-].O=C1N2C[C@@H](CC[C@H]2c2nnc(CCNC3CNC3)o2)N1OS(=O)(=O)O. The third kappa shape index (κ3) is 15.7. The van der Waals surface area contributed by atoms with Gasteiger partial charge >= 0.3 is 22.5 Å². The fraction of sp³-hybridized carbons (Fsp3) is 0.864. The van der Waals surface area contributed by atoms with Gasteiger partial charge in [0, 0.05) is 51.6 Å². The molecule has 5 saturated heterocycles. The first-order valence-corrected chi connectivity index (χ1v) is 28.2. The molecule has 6 aliphatic rings. The van der Waals surface area contributed by atoms with Crippen molar-refractivity contribution >= 4 is 32.9 Å². The first-order chi connectivity index (χ1) is 33.1. The molecule has 0 unspecified atom stereocenters. The molecule has 4 amide bonds. The van der Waals surface area contributed by atoms with E-state index in [0.29, 0.717) is 71.8 Å². The Bertz CT molecular complexity index is 1970. The first-order valence-electron chi connectivity index (χ1n) is 25.5. The number of carbonyl (C=O) groups is 2. The van der Waals surface area contributed by atoms with E-state index < -0.39 is 57.0 Å². The van der Waals surface area contributed by atoms with E-state index in [4.69, 9.17) is 13.4 Å². The van der Waals surface area contributed by atoms with Crippen molar-refractivity contribution in [2.24, 2.45) is 5.92 Å². The lowest BCUT2D eigenvalue weighted by Crippen LogP contribution is -2.55. The first kappa shape index (κ1) is 54.8. The molecule has 7 heterocycles. The molecule has 1 saturated carbocycles. The van der Waals surface area contributed by atoms with Gasteiger partial charge < -0.3 is 38.3 Å². The molecule has 8 rings (SSSR count). The molecule has 2 aromatic rings. The smallest absolute Gasteiger partial charge is 0.418 e. The number of aromatic nitrogens is 4. The van der Waals surface area contributed by atoms with Gasteiger partial charge in [-0.25, -0.2) is 18.0 Å². The van der Waals surface area contributed by atoms with Crippen molar-refractivity contribution in [3.05, 3.63) is 23.6 Å². The molecule has 0 radical (unpaired) electrons. The molecule has 2 aromatic heterocycles. The highest BCUT2D eigenvalue weighted by molar-refractivity contribution is 7.81. The van der Waals surface area contributed by atoms with Crippen LogP contribution in [0.15, 0.2) is 8.83 Å². The van der Waals surface area contributed by atoms with E-state index in [9.17, 15) is 31.0 Å². The van der Waals surface area contributed by atoms with Gasteiger partial charge in [0.2, 0.25) is 34.0 Å². The lowest BCUT2D eigenvalue weighted by atomic mass is 9.82. The molecular weight excluding hydrogens is 939 g/mol. The lowest BCUT2D eigenvalue weighted by Gasteiger charge is -2.39. The monoisotopic (exact) mass is 1020 g/mol. The highest BCUT2D eigenvalue weighted by Crippen LogP contribution is 2.40. The molecule has 25 heteroatoms. The molecular formula is C44H77N11O12S2. The van der Waals surface area contributed by atoms with Crippen LogP contribution in [-0.4, -0.2) is 160 Å². The van der Waals surface area contributed by atoms with Crippen LogP contribution >= 0.6 is 0 Å². The van der Waals surface area contributed by atoms with Crippen LogP contribution in [0.2, 0.25) is 0 Å². The van der Waals surface area contributed by atoms with E-state index in [1.165, 1.54) is 118 Å². The fourth-order valence-corrected chi connectivity index (χ4v) is 10.7. The minimum atomic E-state index is -4.99. The lowest BCUT2D eigenvalue weighted by molar-refractivity contribution is -0.929. The number of hydrogen-bond acceptors (Lipinski definition) is 17. The zero-order valence-corrected chi connectivity index (χ0v) is 42.7. The molecule has 0 spiro atoms. The Morgan fingerprint density at radius 1 is 0.696 bits per heavy atom. The second-order valence-electron chi connectivity index (χ2n) is 19.5. The summed E-state index contributed by atoms with van der Waals surface area (Å²) in [5, 5.41) is 24.1. The number of carbonyl (C=O) groups excluding carboxylic acids is 2. The summed E-state index contributed by atoms with van der Waals surface area (Å²) in [6.45, 7) is 18.2. The second-order valence-corrected chi connectivity index (χ2v) is 21.4. The second kappa shape index (κ2) is 25.7. The van der Waals surface area contributed by atoms with E-state index in [-0.39, 0.29) is 13.1 Å². The van der Waals surface area contributed by atoms with Crippen molar-refractivity contribution in [1.29, 1.82) is 0 Å². The van der Waals surface area contributed by atoms with Crippen LogP contribution in [0.3, 0.4) is 0 Å². The van der Waals surface area contributed by atoms with E-state index in [0.717, 1.165) is 38.4 Å². The zero-order chi connectivity index (χ0) is 49.6. The molecule has 3 N–H and O–H groups in total. The Morgan fingerprint density at radius 2 is 1.17 bits per heavy atom. The summed E-state index contributed by atoms with van der Waals surface area (Å²) in [4.78, 5) is 27.6. The maximum absolute atomic E-state index is 12.4. The average molecular weight is 1020 g/mol. The van der Waals surface area contributed by atoms with Gasteiger partial charge in [-0.2, -0.15) is 22.8 Å². The minimum absolute atomic E-state index is 0.262. The van der Waals surface area contributed by atoms with Gasteiger partial charge in [0.05, 0.1) is 38.3 Å². The number of urea groups is 2. The Balaban J connectivity index is 0.000000175. The van der Waals surface area contributed by atoms with Crippen molar-refractivity contribution in [2.75, 3.05) is 58.9 Å². The van der Waals surface area contributed by atoms with E-state index >= 15 is 0 Å². The highest BCUT2D eigenvalue weighted by Gasteiger charge is 2.50. The van der Waals surface area contributed by atoms with Gasteiger partial charge in [-0.15, -0.1) is 24.7 Å². The zero-order valence-electron chi connectivity index (χ0n) is 41.0. The quantitative estimate of drug-likeness (QED) is 0.0606. The van der Waals surface area contributed by atoms with Crippen LogP contribution in [0.1, 0.15) is 172 Å². The van der Waals surface area contributed by atoms with Gasteiger partial charge in [-0.05, 0) is 70.1 Å². The van der Waals surface area contributed by atoms with Gasteiger partial charge in [0.1, 0.15) is 12.1 Å². The average Bonchev–Trinajstić information content (AvgIpc) is 4.06. The minimum Gasteiger partial charge on any atom is -0.724 e. The van der Waals surface area contributed by atoms with Crippen molar-refractivity contribution < 1.29 is 57.4 Å². The summed E-state index contributed by atoms with van der Waals surface area (Å²) in [6.07, 6.45) is 20.6. The van der Waals surface area contributed by atoms with Gasteiger partial charge in [-0.3, -0.25) is 4.55 Å². The molecule has 4 atom stereocenters. The number of quaternary nitrogens is 1. The number of fused-ring (bicyclic) bond motifs is 4. The number of hydrogen-bond donors (Lipinski definition) is 3. The number of amides is 4. The van der Waals surface area contributed by atoms with Crippen LogP contribution in [0.5, 0.6) is 0 Å². The molecule has 6 fully saturated rings. The highest BCUT2D eigenvalue weighted by atomic mass is 32.3. The van der Waals surface area contributed by atoms with Crippen LogP contribution in [0, 0.1) is 5.92 Å². The van der Waals surface area contributed by atoms with Crippen LogP contribution in [-0.2, 0) is 42.2 Å². The fourth-order valence-electron chi connectivity index (χ4n) is 9.96. The normalized spacial score (nSPS) is 22.9. The molecule has 69 heavy (non-hydrogen) atoms. The number of piperidine rings is 2. The van der Waals surface area contributed by atoms with Crippen LogP contribution < -0.4 is 10.6 Å². The van der Waals surface area contributed by atoms with Gasteiger partial charge in [0.15, 0.2) is 0 Å². The maximum atomic E-state index is 12.4. The van der Waals surface area contributed by atoms with Crippen LogP contribution in [0.25, 0.3) is 0 Å². The van der Waals surface area contributed by atoms with E-state index in [1.54, 1.807) is 0 Å². The summed E-state index contributed by atoms with van der Waals surface area (Å²) < 4.78 is 84.7. The van der Waals surface area contributed by atoms with Gasteiger partial charge in [0.25, 0.3) is 0 Å². The molecule has 1 aliphatic carbocycles. The predicted molar refractivity (Wildman–Crippen MR) is 249 cm³/mol. The number of nitrogens with one attached hydrogen (secondary N) is 2. The standard InChI is InChI=1S/C16H36N.C15H22N4O6S.C13H20N6O6S/c1-5-9-13-17(14-10-6-2,15-11-7-3)16-12-8-4;20-15-18-9-11(19(15)25-26(21,22)23)7-8-12(18)14-17-16-13(24-14)6-2-5-10-3-1-4-10;20-13-18-7-9(19(13)25-26(21,22)23)1-2-10(18)12-17-16-11(24-12)3-4-15-8-5-14-6-8/h5-16H2,1-4H3;10-12H,1-9H2,(H,21,22,23);8-10,14-15H,1-7H2,(H,21,22,23)/q+1;;/p-1/t;11-,12+;9-,10+/m.11/s1. The summed E-state index contributed by atoms with van der Waals surface area (Å²) in [5.41, 5.74) is 0. The van der Waals surface area contributed by atoms with E-state index in [1.807, 2.05) is 0 Å². The van der Waals surface area contributed by atoms with E-state index in [2.05, 4.69) is 67.3 Å². The summed E-state index contributed by atoms with van der Waals surface area (Å²) >= 11 is 0. The molecule has 0 aromatic carbocycles. The predicted octanol–water partition coefficient (Wildman–Crippen LogP) is 5.38. The maximum Gasteiger partial charge on any atom is 0.418 e. The number of hydroxylamine groups is 4. The Morgan fingerprint density at radius 3 is 1.58 bits per heavy atom. The third-order valence-corrected chi connectivity index (χ3v) is 14.9. The summed E-state index contributed by atoms with van der Waals surface area (Å²) in [7, 11) is -9.75. The van der Waals surface area contributed by atoms with Crippen molar-refractivity contribution in [2.45, 2.75) is 180 Å². The summed E-state index contributed by atoms with van der Waals surface area (Å²) in [6, 6.07) is -2.59. The van der Waals surface area contributed by atoms with Crippen LogP contribution in [0.4, 0.5) is 9.59 Å². The number of nitrogens with zero attached hydrogens (tertiary/aromatic N) is 9. The number of unbranched alkanes of at least 4 members (excludes halogenated alkanes) is 4.